The molecule has 0 fully saturated rings. The van der Waals surface area contributed by atoms with Gasteiger partial charge in [0.1, 0.15) is 5.60 Å². The number of thioether (sulfide) groups is 1. The molecule has 5 heteroatoms. The summed E-state index contributed by atoms with van der Waals surface area (Å²) < 4.78 is 5.28. The lowest BCUT2D eigenvalue weighted by Gasteiger charge is -2.26. The molecule has 1 unspecified atom stereocenters. The van der Waals surface area contributed by atoms with E-state index in [1.165, 1.54) is 11.8 Å². The molecule has 0 bridgehead atoms. The van der Waals surface area contributed by atoms with Gasteiger partial charge in [0.25, 0.3) is 0 Å². The fourth-order valence-corrected chi connectivity index (χ4v) is 2.68. The van der Waals surface area contributed by atoms with Crippen LogP contribution in [0.2, 0.25) is 0 Å². The Morgan fingerprint density at radius 2 is 1.90 bits per heavy atom. The lowest BCUT2D eigenvalue weighted by molar-refractivity contribution is -0.111. The zero-order valence-electron chi connectivity index (χ0n) is 13.7. The van der Waals surface area contributed by atoms with Crippen LogP contribution in [0.1, 0.15) is 53.9 Å². The second kappa shape index (κ2) is 9.27. The zero-order chi connectivity index (χ0) is 15.8. The third-order valence-corrected chi connectivity index (χ3v) is 3.55. The molecule has 0 N–H and O–H groups in total. The summed E-state index contributed by atoms with van der Waals surface area (Å²) in [6.07, 6.45) is 2.34. The summed E-state index contributed by atoms with van der Waals surface area (Å²) in [5.74, 6) is 1.04. The molecule has 1 amide bonds. The van der Waals surface area contributed by atoms with Crippen LogP contribution in [-0.2, 0) is 9.53 Å². The van der Waals surface area contributed by atoms with Gasteiger partial charge in [0, 0.05) is 25.8 Å². The second-order valence-corrected chi connectivity index (χ2v) is 7.40. The molecule has 0 aliphatic heterocycles. The van der Waals surface area contributed by atoms with Crippen molar-refractivity contribution in [2.24, 2.45) is 5.92 Å². The third kappa shape index (κ3) is 10.1. The molecule has 0 heterocycles. The average molecular weight is 303 g/mol. The maximum atomic E-state index is 11.8. The molecule has 0 aliphatic rings. The van der Waals surface area contributed by atoms with Crippen LogP contribution in [0, 0.1) is 5.92 Å². The predicted octanol–water partition coefficient (Wildman–Crippen LogP) is 3.94. The Morgan fingerprint density at radius 3 is 2.40 bits per heavy atom. The standard InChI is InChI=1S/C15H29NO3S/c1-7-8-9-20-13(17)10-12(2)11-16(6)14(18)19-15(3,4)5/h12H,7-11H2,1-6H3. The highest BCUT2D eigenvalue weighted by atomic mass is 32.2. The highest BCUT2D eigenvalue weighted by Crippen LogP contribution is 2.15. The quantitative estimate of drug-likeness (QED) is 0.668. The molecule has 20 heavy (non-hydrogen) atoms. The van der Waals surface area contributed by atoms with Gasteiger partial charge in [-0.25, -0.2) is 4.79 Å². The number of rotatable bonds is 7. The molecule has 0 spiro atoms. The Bertz CT molecular complexity index is 313. The van der Waals surface area contributed by atoms with Crippen LogP contribution in [0.5, 0.6) is 0 Å². The summed E-state index contributed by atoms with van der Waals surface area (Å²) in [5.41, 5.74) is -0.486. The number of unbranched alkanes of at least 4 members (excludes halogenated alkanes) is 1. The Labute approximate surface area is 127 Å². The molecular formula is C15H29NO3S. The second-order valence-electron chi connectivity index (χ2n) is 6.24. The van der Waals surface area contributed by atoms with Crippen LogP contribution < -0.4 is 0 Å². The lowest BCUT2D eigenvalue weighted by atomic mass is 10.1. The minimum Gasteiger partial charge on any atom is -0.444 e. The molecule has 0 aromatic carbocycles. The number of nitrogens with zero attached hydrogens (tertiary/aromatic N) is 1. The maximum Gasteiger partial charge on any atom is 0.410 e. The monoisotopic (exact) mass is 303 g/mol. The first-order chi connectivity index (χ1) is 9.15. The van der Waals surface area contributed by atoms with Gasteiger partial charge in [-0.15, -0.1) is 0 Å². The summed E-state index contributed by atoms with van der Waals surface area (Å²) in [6, 6.07) is 0. The molecule has 0 aliphatic carbocycles. The van der Waals surface area contributed by atoms with E-state index in [-0.39, 0.29) is 17.1 Å². The van der Waals surface area contributed by atoms with E-state index in [0.29, 0.717) is 13.0 Å². The SMILES string of the molecule is CCCCSC(=O)CC(C)CN(C)C(=O)OC(C)(C)C. The summed E-state index contributed by atoms with van der Waals surface area (Å²) in [5, 5.41) is 0.212. The van der Waals surface area contributed by atoms with E-state index in [1.807, 2.05) is 27.7 Å². The van der Waals surface area contributed by atoms with Gasteiger partial charge in [-0.2, -0.15) is 0 Å². The molecule has 0 radical (unpaired) electrons. The van der Waals surface area contributed by atoms with Crippen molar-refractivity contribution in [3.8, 4) is 0 Å². The Morgan fingerprint density at radius 1 is 1.30 bits per heavy atom. The van der Waals surface area contributed by atoms with Gasteiger partial charge in [-0.05, 0) is 33.1 Å². The molecule has 4 nitrogen and oxygen atoms in total. The van der Waals surface area contributed by atoms with Gasteiger partial charge in [-0.1, -0.05) is 32.0 Å². The molecule has 0 saturated carbocycles. The van der Waals surface area contributed by atoms with Gasteiger partial charge in [0.2, 0.25) is 0 Å². The summed E-state index contributed by atoms with van der Waals surface area (Å²) in [7, 11) is 1.71. The fourth-order valence-electron chi connectivity index (χ4n) is 1.62. The predicted molar refractivity (Wildman–Crippen MR) is 85.0 cm³/mol. The summed E-state index contributed by atoms with van der Waals surface area (Å²) in [4.78, 5) is 25.1. The van der Waals surface area contributed by atoms with Crippen molar-refractivity contribution in [1.29, 1.82) is 0 Å². The number of carbonyl (C=O) groups is 2. The van der Waals surface area contributed by atoms with E-state index in [4.69, 9.17) is 4.74 Å². The first kappa shape index (κ1) is 19.3. The number of hydrogen-bond acceptors (Lipinski definition) is 4. The zero-order valence-corrected chi connectivity index (χ0v) is 14.5. The van der Waals surface area contributed by atoms with E-state index in [0.717, 1.165) is 18.6 Å². The highest BCUT2D eigenvalue weighted by Gasteiger charge is 2.21. The molecule has 0 aromatic heterocycles. The smallest absolute Gasteiger partial charge is 0.410 e. The van der Waals surface area contributed by atoms with Crippen LogP contribution in [-0.4, -0.2) is 41.1 Å². The van der Waals surface area contributed by atoms with Crippen molar-refractivity contribution in [3.05, 3.63) is 0 Å². The van der Waals surface area contributed by atoms with E-state index >= 15 is 0 Å². The third-order valence-electron chi connectivity index (χ3n) is 2.57. The Hall–Kier alpha value is -0.710. The minimum absolute atomic E-state index is 0.147. The Balaban J connectivity index is 4.03. The van der Waals surface area contributed by atoms with Crippen molar-refractivity contribution >= 4 is 23.0 Å². The van der Waals surface area contributed by atoms with Gasteiger partial charge in [0.05, 0.1) is 0 Å². The van der Waals surface area contributed by atoms with Crippen LogP contribution in [0.15, 0.2) is 0 Å². The topological polar surface area (TPSA) is 46.6 Å². The molecule has 0 rings (SSSR count). The first-order valence-corrected chi connectivity index (χ1v) is 8.24. The number of ether oxygens (including phenoxy) is 1. The van der Waals surface area contributed by atoms with Crippen molar-refractivity contribution in [2.75, 3.05) is 19.3 Å². The van der Waals surface area contributed by atoms with E-state index < -0.39 is 5.60 Å². The lowest BCUT2D eigenvalue weighted by Crippen LogP contribution is -2.36. The number of carbonyl (C=O) groups excluding carboxylic acids is 2. The Kier molecular flexibility index (Phi) is 8.94. The molecule has 1 atom stereocenters. The highest BCUT2D eigenvalue weighted by molar-refractivity contribution is 8.13. The molecule has 0 saturated heterocycles. The van der Waals surface area contributed by atoms with E-state index in [9.17, 15) is 9.59 Å². The largest absolute Gasteiger partial charge is 0.444 e. The minimum atomic E-state index is -0.486. The van der Waals surface area contributed by atoms with Gasteiger partial charge in [-0.3, -0.25) is 4.79 Å². The van der Waals surface area contributed by atoms with Crippen LogP contribution >= 0.6 is 11.8 Å². The number of amides is 1. The average Bonchev–Trinajstić information content (AvgIpc) is 2.26. The van der Waals surface area contributed by atoms with Crippen LogP contribution in [0.4, 0.5) is 4.79 Å². The number of hydrogen-bond donors (Lipinski definition) is 0. The summed E-state index contributed by atoms with van der Waals surface area (Å²) >= 11 is 1.40. The van der Waals surface area contributed by atoms with Crippen molar-refractivity contribution in [3.63, 3.8) is 0 Å². The van der Waals surface area contributed by atoms with Crippen molar-refractivity contribution in [2.45, 2.75) is 59.5 Å². The van der Waals surface area contributed by atoms with Crippen molar-refractivity contribution < 1.29 is 14.3 Å². The maximum absolute atomic E-state index is 11.8. The summed E-state index contributed by atoms with van der Waals surface area (Å²) in [6.45, 7) is 10.2. The van der Waals surface area contributed by atoms with Crippen LogP contribution in [0.25, 0.3) is 0 Å². The molecule has 118 valence electrons. The van der Waals surface area contributed by atoms with Crippen molar-refractivity contribution in [1.82, 2.24) is 4.90 Å². The first-order valence-electron chi connectivity index (χ1n) is 7.25. The van der Waals surface area contributed by atoms with E-state index in [1.54, 1.807) is 11.9 Å². The molecule has 0 aromatic rings. The van der Waals surface area contributed by atoms with E-state index in [2.05, 4.69) is 6.92 Å². The van der Waals surface area contributed by atoms with Crippen LogP contribution in [0.3, 0.4) is 0 Å². The molecular weight excluding hydrogens is 274 g/mol. The normalized spacial score (nSPS) is 12.9. The van der Waals surface area contributed by atoms with Gasteiger partial charge < -0.3 is 9.64 Å². The fraction of sp³-hybridized carbons (Fsp3) is 0.867. The van der Waals surface area contributed by atoms with Gasteiger partial charge >= 0.3 is 6.09 Å². The van der Waals surface area contributed by atoms with Gasteiger partial charge in [0.15, 0.2) is 5.12 Å².